The molecule has 0 amide bonds. The van der Waals surface area contributed by atoms with Gasteiger partial charge in [-0.3, -0.25) is 0 Å². The lowest BCUT2D eigenvalue weighted by Crippen LogP contribution is -2.03. The van der Waals surface area contributed by atoms with E-state index in [2.05, 4.69) is 18.2 Å². The van der Waals surface area contributed by atoms with Crippen LogP contribution in [0.2, 0.25) is 0 Å². The third-order valence-corrected chi connectivity index (χ3v) is 4.58. The number of hydrogen-bond donors (Lipinski definition) is 0. The molecule has 1 unspecified atom stereocenters. The lowest BCUT2D eigenvalue weighted by atomic mass is 10.0. The fraction of sp³-hybridized carbons (Fsp3) is 0.600. The van der Waals surface area contributed by atoms with E-state index in [1.54, 1.807) is 11.1 Å². The maximum Gasteiger partial charge on any atom is 0.0367 e. The Morgan fingerprint density at radius 1 is 1.19 bits per heavy atom. The van der Waals surface area contributed by atoms with Gasteiger partial charge in [-0.05, 0) is 67.6 Å². The lowest BCUT2D eigenvalue weighted by molar-refractivity contribution is 0.676. The Morgan fingerprint density at radius 2 is 2.00 bits per heavy atom. The van der Waals surface area contributed by atoms with Crippen molar-refractivity contribution >= 4 is 11.6 Å². The van der Waals surface area contributed by atoms with E-state index in [9.17, 15) is 0 Å². The van der Waals surface area contributed by atoms with Gasteiger partial charge in [0.1, 0.15) is 0 Å². The topological polar surface area (TPSA) is 0 Å². The van der Waals surface area contributed by atoms with Gasteiger partial charge in [0.15, 0.2) is 0 Å². The third kappa shape index (κ3) is 2.27. The SMILES string of the molecule is ClC(CCc1ccc2c(c1)CCC2)C1CC1. The molecule has 0 spiro atoms. The van der Waals surface area contributed by atoms with E-state index in [-0.39, 0.29) is 0 Å². The fourth-order valence-electron chi connectivity index (χ4n) is 2.78. The number of fused-ring (bicyclic) bond motifs is 1. The summed E-state index contributed by atoms with van der Waals surface area (Å²) >= 11 is 6.35. The van der Waals surface area contributed by atoms with Crippen LogP contribution in [-0.2, 0) is 19.3 Å². The average molecular weight is 235 g/mol. The quantitative estimate of drug-likeness (QED) is 0.688. The van der Waals surface area contributed by atoms with Crippen LogP contribution < -0.4 is 0 Å². The first-order valence-electron chi connectivity index (χ1n) is 6.57. The molecule has 2 aliphatic rings. The second-order valence-electron chi connectivity index (χ2n) is 5.35. The van der Waals surface area contributed by atoms with E-state index in [0.29, 0.717) is 5.38 Å². The first-order chi connectivity index (χ1) is 7.83. The zero-order valence-electron chi connectivity index (χ0n) is 9.71. The van der Waals surface area contributed by atoms with E-state index in [4.69, 9.17) is 11.6 Å². The van der Waals surface area contributed by atoms with E-state index in [0.717, 1.165) is 18.8 Å². The van der Waals surface area contributed by atoms with Crippen molar-refractivity contribution in [3.8, 4) is 0 Å². The Kier molecular flexibility index (Phi) is 2.93. The Labute approximate surface area is 103 Å². The first kappa shape index (κ1) is 10.7. The van der Waals surface area contributed by atoms with Crippen LogP contribution in [0, 0.1) is 5.92 Å². The Morgan fingerprint density at radius 3 is 2.81 bits per heavy atom. The van der Waals surface area contributed by atoms with Gasteiger partial charge < -0.3 is 0 Å². The summed E-state index contributed by atoms with van der Waals surface area (Å²) in [5, 5.41) is 0.424. The van der Waals surface area contributed by atoms with Crippen molar-refractivity contribution in [2.75, 3.05) is 0 Å². The van der Waals surface area contributed by atoms with Gasteiger partial charge in [0.2, 0.25) is 0 Å². The molecule has 0 N–H and O–H groups in total. The fourth-order valence-corrected chi connectivity index (χ4v) is 3.14. The van der Waals surface area contributed by atoms with E-state index >= 15 is 0 Å². The second kappa shape index (κ2) is 4.41. The summed E-state index contributed by atoms with van der Waals surface area (Å²) < 4.78 is 0. The van der Waals surface area contributed by atoms with E-state index < -0.39 is 0 Å². The monoisotopic (exact) mass is 234 g/mol. The highest BCUT2D eigenvalue weighted by Gasteiger charge is 2.29. The van der Waals surface area contributed by atoms with Gasteiger partial charge in [-0.25, -0.2) is 0 Å². The summed E-state index contributed by atoms with van der Waals surface area (Å²) in [4.78, 5) is 0. The molecule has 1 atom stereocenters. The van der Waals surface area contributed by atoms with Crippen LogP contribution in [0.3, 0.4) is 0 Å². The summed E-state index contributed by atoms with van der Waals surface area (Å²) in [5.74, 6) is 0.830. The van der Waals surface area contributed by atoms with Gasteiger partial charge in [-0.2, -0.15) is 0 Å². The minimum absolute atomic E-state index is 0.424. The summed E-state index contributed by atoms with van der Waals surface area (Å²) in [5.41, 5.74) is 4.66. The molecule has 0 radical (unpaired) electrons. The van der Waals surface area contributed by atoms with Crippen molar-refractivity contribution < 1.29 is 0 Å². The van der Waals surface area contributed by atoms with Gasteiger partial charge in [-0.1, -0.05) is 18.2 Å². The van der Waals surface area contributed by atoms with Crippen LogP contribution in [-0.4, -0.2) is 5.38 Å². The molecule has 2 aliphatic carbocycles. The molecule has 1 saturated carbocycles. The van der Waals surface area contributed by atoms with Crippen molar-refractivity contribution in [2.45, 2.75) is 50.3 Å². The highest BCUT2D eigenvalue weighted by molar-refractivity contribution is 6.20. The molecule has 1 heteroatoms. The van der Waals surface area contributed by atoms with Crippen LogP contribution in [0.5, 0.6) is 0 Å². The number of rotatable bonds is 4. The van der Waals surface area contributed by atoms with Gasteiger partial charge >= 0.3 is 0 Å². The van der Waals surface area contributed by atoms with Gasteiger partial charge in [-0.15, -0.1) is 11.6 Å². The molecule has 0 heterocycles. The molecule has 0 nitrogen and oxygen atoms in total. The lowest BCUT2D eigenvalue weighted by Gasteiger charge is -2.08. The normalized spacial score (nSPS) is 20.8. The van der Waals surface area contributed by atoms with Gasteiger partial charge in [0.05, 0.1) is 0 Å². The van der Waals surface area contributed by atoms with Crippen LogP contribution in [0.1, 0.15) is 42.4 Å². The molecule has 1 aromatic rings. The maximum absolute atomic E-state index is 6.35. The van der Waals surface area contributed by atoms with E-state index in [1.165, 1.54) is 37.7 Å². The minimum atomic E-state index is 0.424. The van der Waals surface area contributed by atoms with Crippen LogP contribution in [0.25, 0.3) is 0 Å². The molecular formula is C15H19Cl. The Bertz CT molecular complexity index is 379. The Balaban J connectivity index is 1.61. The average Bonchev–Trinajstić information content (AvgIpc) is 3.04. The summed E-state index contributed by atoms with van der Waals surface area (Å²) in [7, 11) is 0. The van der Waals surface area contributed by atoms with E-state index in [1.807, 2.05) is 0 Å². The smallest absolute Gasteiger partial charge is 0.0367 e. The molecule has 3 rings (SSSR count). The highest BCUT2D eigenvalue weighted by Crippen LogP contribution is 2.37. The van der Waals surface area contributed by atoms with Crippen molar-refractivity contribution in [2.24, 2.45) is 5.92 Å². The minimum Gasteiger partial charge on any atom is -0.123 e. The molecule has 0 bridgehead atoms. The zero-order chi connectivity index (χ0) is 11.0. The van der Waals surface area contributed by atoms with Crippen LogP contribution >= 0.6 is 11.6 Å². The maximum atomic E-state index is 6.35. The van der Waals surface area contributed by atoms with Crippen molar-refractivity contribution in [3.63, 3.8) is 0 Å². The second-order valence-corrected chi connectivity index (χ2v) is 5.91. The summed E-state index contributed by atoms with van der Waals surface area (Å²) in [6.45, 7) is 0. The summed E-state index contributed by atoms with van der Waals surface area (Å²) in [6.07, 6.45) is 8.96. The number of halogens is 1. The molecule has 1 aromatic carbocycles. The van der Waals surface area contributed by atoms with Crippen molar-refractivity contribution in [1.82, 2.24) is 0 Å². The number of aryl methyl sites for hydroxylation is 3. The predicted octanol–water partition coefficient (Wildman–Crippen LogP) is 4.13. The largest absolute Gasteiger partial charge is 0.123 e. The van der Waals surface area contributed by atoms with Crippen molar-refractivity contribution in [1.29, 1.82) is 0 Å². The molecule has 16 heavy (non-hydrogen) atoms. The van der Waals surface area contributed by atoms with Crippen molar-refractivity contribution in [3.05, 3.63) is 34.9 Å². The van der Waals surface area contributed by atoms with Crippen LogP contribution in [0.15, 0.2) is 18.2 Å². The van der Waals surface area contributed by atoms with Gasteiger partial charge in [0, 0.05) is 5.38 Å². The molecule has 0 saturated heterocycles. The molecule has 0 aromatic heterocycles. The van der Waals surface area contributed by atoms with Gasteiger partial charge in [0.25, 0.3) is 0 Å². The number of benzene rings is 1. The molecule has 0 aliphatic heterocycles. The number of hydrogen-bond acceptors (Lipinski definition) is 0. The molecule has 1 fully saturated rings. The first-order valence-corrected chi connectivity index (χ1v) is 7.01. The molecular weight excluding hydrogens is 216 g/mol. The third-order valence-electron chi connectivity index (χ3n) is 4.01. The summed E-state index contributed by atoms with van der Waals surface area (Å²) in [6, 6.07) is 7.05. The standard InChI is InChI=1S/C15H19Cl/c16-15(13-7-8-13)9-5-11-4-6-12-2-1-3-14(12)10-11/h4,6,10,13,15H,1-3,5,7-9H2. The number of alkyl halides is 1. The predicted molar refractivity (Wildman–Crippen MR) is 69.2 cm³/mol. The highest BCUT2D eigenvalue weighted by atomic mass is 35.5. The van der Waals surface area contributed by atoms with Crippen LogP contribution in [0.4, 0.5) is 0 Å². The zero-order valence-corrected chi connectivity index (χ0v) is 10.5. The Hall–Kier alpha value is -0.490. The molecule has 86 valence electrons.